The fourth-order valence-electron chi connectivity index (χ4n) is 1.74. The highest BCUT2D eigenvalue weighted by Crippen LogP contribution is 2.19. The van der Waals surface area contributed by atoms with Gasteiger partial charge in [0.2, 0.25) is 0 Å². The first kappa shape index (κ1) is 14.9. The summed E-state index contributed by atoms with van der Waals surface area (Å²) in [5.74, 6) is 6.37. The lowest BCUT2D eigenvalue weighted by molar-refractivity contribution is 0.404. The second kappa shape index (κ2) is 6.72. The topological polar surface area (TPSA) is 81.4 Å². The van der Waals surface area contributed by atoms with Crippen LogP contribution >= 0.6 is 0 Å². The van der Waals surface area contributed by atoms with E-state index in [1.165, 1.54) is 6.26 Å². The van der Waals surface area contributed by atoms with E-state index in [1.54, 1.807) is 7.11 Å². The van der Waals surface area contributed by atoms with Crippen molar-refractivity contribution in [1.82, 2.24) is 5.43 Å². The fraction of sp³-hybridized carbons (Fsp3) is 0.500. The average molecular weight is 272 g/mol. The van der Waals surface area contributed by atoms with Crippen LogP contribution in [0, 0.1) is 0 Å². The number of benzene rings is 1. The van der Waals surface area contributed by atoms with Gasteiger partial charge in [0.25, 0.3) is 0 Å². The van der Waals surface area contributed by atoms with Crippen molar-refractivity contribution in [2.45, 2.75) is 18.9 Å². The number of hydrazine groups is 1. The van der Waals surface area contributed by atoms with Gasteiger partial charge in [0.15, 0.2) is 0 Å². The van der Waals surface area contributed by atoms with Gasteiger partial charge in [-0.1, -0.05) is 18.2 Å². The Morgan fingerprint density at radius 1 is 1.39 bits per heavy atom. The van der Waals surface area contributed by atoms with E-state index in [2.05, 4.69) is 5.43 Å². The standard InChI is InChI=1S/C12H20N2O3S/c1-17-12-6-4-3-5-10(12)9-11(14-13)7-8-18(2,15)16/h3-6,11,14H,7-9,13H2,1-2H3. The molecule has 0 radical (unpaired) electrons. The van der Waals surface area contributed by atoms with Crippen LogP contribution in [0.3, 0.4) is 0 Å². The molecule has 102 valence electrons. The van der Waals surface area contributed by atoms with E-state index in [0.29, 0.717) is 12.8 Å². The lowest BCUT2D eigenvalue weighted by atomic mass is 10.0. The molecule has 0 heterocycles. The third kappa shape index (κ3) is 5.03. The monoisotopic (exact) mass is 272 g/mol. The Morgan fingerprint density at radius 2 is 2.06 bits per heavy atom. The number of ether oxygens (including phenoxy) is 1. The van der Waals surface area contributed by atoms with E-state index in [9.17, 15) is 8.42 Å². The number of nitrogens with one attached hydrogen (secondary N) is 1. The summed E-state index contributed by atoms with van der Waals surface area (Å²) in [5, 5.41) is 0. The minimum atomic E-state index is -2.96. The smallest absolute Gasteiger partial charge is 0.147 e. The molecule has 1 aromatic rings. The highest BCUT2D eigenvalue weighted by atomic mass is 32.2. The molecular weight excluding hydrogens is 252 g/mol. The predicted molar refractivity (Wildman–Crippen MR) is 72.1 cm³/mol. The summed E-state index contributed by atoms with van der Waals surface area (Å²) < 4.78 is 27.5. The minimum absolute atomic E-state index is 0.0870. The summed E-state index contributed by atoms with van der Waals surface area (Å²) in [6.07, 6.45) is 2.34. The van der Waals surface area contributed by atoms with Gasteiger partial charge in [-0.15, -0.1) is 0 Å². The summed E-state index contributed by atoms with van der Waals surface area (Å²) in [4.78, 5) is 0. The molecule has 0 bridgehead atoms. The van der Waals surface area contributed by atoms with E-state index in [4.69, 9.17) is 10.6 Å². The van der Waals surface area contributed by atoms with Crippen LogP contribution in [-0.4, -0.2) is 33.6 Å². The number of nitrogens with two attached hydrogens (primary N) is 1. The van der Waals surface area contributed by atoms with Crippen molar-refractivity contribution >= 4 is 9.84 Å². The van der Waals surface area contributed by atoms with E-state index < -0.39 is 9.84 Å². The normalized spacial score (nSPS) is 13.3. The van der Waals surface area contributed by atoms with Crippen LogP contribution in [0.2, 0.25) is 0 Å². The van der Waals surface area contributed by atoms with E-state index in [1.807, 2.05) is 24.3 Å². The van der Waals surface area contributed by atoms with Crippen molar-refractivity contribution in [3.8, 4) is 5.75 Å². The zero-order valence-electron chi connectivity index (χ0n) is 10.7. The van der Waals surface area contributed by atoms with Crippen LogP contribution in [0.5, 0.6) is 5.75 Å². The Balaban J connectivity index is 2.68. The van der Waals surface area contributed by atoms with Crippen LogP contribution in [0.1, 0.15) is 12.0 Å². The molecule has 5 nitrogen and oxygen atoms in total. The fourth-order valence-corrected chi connectivity index (χ4v) is 2.45. The zero-order valence-corrected chi connectivity index (χ0v) is 11.5. The summed E-state index contributed by atoms with van der Waals surface area (Å²) in [7, 11) is -1.35. The molecule has 18 heavy (non-hydrogen) atoms. The zero-order chi connectivity index (χ0) is 13.6. The number of para-hydroxylation sites is 1. The minimum Gasteiger partial charge on any atom is -0.496 e. The Bertz CT molecular complexity index is 474. The van der Waals surface area contributed by atoms with E-state index in [0.717, 1.165) is 11.3 Å². The largest absolute Gasteiger partial charge is 0.496 e. The molecule has 0 aliphatic rings. The molecule has 1 unspecified atom stereocenters. The number of hydrogen-bond acceptors (Lipinski definition) is 5. The molecule has 1 aromatic carbocycles. The molecule has 0 spiro atoms. The third-order valence-corrected chi connectivity index (χ3v) is 3.71. The van der Waals surface area contributed by atoms with Gasteiger partial charge in [-0.2, -0.15) is 0 Å². The maximum absolute atomic E-state index is 11.1. The van der Waals surface area contributed by atoms with Crippen molar-refractivity contribution in [2.24, 2.45) is 5.84 Å². The Labute approximate surface area is 108 Å². The second-order valence-electron chi connectivity index (χ2n) is 4.30. The lowest BCUT2D eigenvalue weighted by Gasteiger charge is -2.17. The highest BCUT2D eigenvalue weighted by molar-refractivity contribution is 7.90. The quantitative estimate of drug-likeness (QED) is 0.558. The molecule has 0 amide bonds. The van der Waals surface area contributed by atoms with Crippen LogP contribution in [-0.2, 0) is 16.3 Å². The van der Waals surface area contributed by atoms with Crippen molar-refractivity contribution in [2.75, 3.05) is 19.1 Å². The Morgan fingerprint density at radius 3 is 2.61 bits per heavy atom. The molecule has 0 aliphatic carbocycles. The molecule has 0 saturated heterocycles. The van der Waals surface area contributed by atoms with E-state index in [-0.39, 0.29) is 11.8 Å². The summed E-state index contributed by atoms with van der Waals surface area (Å²) in [6.45, 7) is 0. The second-order valence-corrected chi connectivity index (χ2v) is 6.56. The predicted octanol–water partition coefficient (Wildman–Crippen LogP) is 0.504. The first-order chi connectivity index (χ1) is 8.46. The van der Waals surface area contributed by atoms with Gasteiger partial charge in [0, 0.05) is 12.3 Å². The summed E-state index contributed by atoms with van der Waals surface area (Å²) in [5.41, 5.74) is 3.67. The van der Waals surface area contributed by atoms with Crippen molar-refractivity contribution < 1.29 is 13.2 Å². The lowest BCUT2D eigenvalue weighted by Crippen LogP contribution is -2.38. The number of rotatable bonds is 7. The molecule has 0 fully saturated rings. The van der Waals surface area contributed by atoms with Crippen molar-refractivity contribution in [3.63, 3.8) is 0 Å². The Kier molecular flexibility index (Phi) is 5.58. The van der Waals surface area contributed by atoms with Gasteiger partial charge in [0.1, 0.15) is 15.6 Å². The van der Waals surface area contributed by atoms with Crippen LogP contribution in [0.4, 0.5) is 0 Å². The molecule has 0 aliphatic heterocycles. The average Bonchev–Trinajstić information content (AvgIpc) is 2.33. The Hall–Kier alpha value is -1.11. The molecule has 0 saturated carbocycles. The summed E-state index contributed by atoms with van der Waals surface area (Å²) in [6, 6.07) is 7.55. The molecule has 0 aromatic heterocycles. The molecule has 1 rings (SSSR count). The molecule has 6 heteroatoms. The molecule has 1 atom stereocenters. The van der Waals surface area contributed by atoms with Gasteiger partial charge < -0.3 is 4.74 Å². The number of methoxy groups -OCH3 is 1. The number of sulfone groups is 1. The van der Waals surface area contributed by atoms with Gasteiger partial charge >= 0.3 is 0 Å². The first-order valence-electron chi connectivity index (χ1n) is 5.72. The molecule has 3 N–H and O–H groups in total. The third-order valence-electron chi connectivity index (χ3n) is 2.73. The van der Waals surface area contributed by atoms with Crippen molar-refractivity contribution in [1.29, 1.82) is 0 Å². The SMILES string of the molecule is COc1ccccc1CC(CCS(C)(=O)=O)NN. The number of hydrogen-bond donors (Lipinski definition) is 2. The first-order valence-corrected chi connectivity index (χ1v) is 7.78. The van der Waals surface area contributed by atoms with Gasteiger partial charge in [-0.05, 0) is 24.5 Å². The van der Waals surface area contributed by atoms with Crippen molar-refractivity contribution in [3.05, 3.63) is 29.8 Å². The van der Waals surface area contributed by atoms with E-state index >= 15 is 0 Å². The van der Waals surface area contributed by atoms with Gasteiger partial charge in [0.05, 0.1) is 12.9 Å². The van der Waals surface area contributed by atoms with Crippen LogP contribution in [0.25, 0.3) is 0 Å². The molecular formula is C12H20N2O3S. The maximum Gasteiger partial charge on any atom is 0.147 e. The van der Waals surface area contributed by atoms with Gasteiger partial charge in [-0.25, -0.2) is 8.42 Å². The maximum atomic E-state index is 11.1. The van der Waals surface area contributed by atoms with Gasteiger partial charge in [-0.3, -0.25) is 11.3 Å². The van der Waals surface area contributed by atoms with Crippen LogP contribution < -0.4 is 16.0 Å². The van der Waals surface area contributed by atoms with Crippen LogP contribution in [0.15, 0.2) is 24.3 Å². The highest BCUT2D eigenvalue weighted by Gasteiger charge is 2.13. The summed E-state index contributed by atoms with van der Waals surface area (Å²) >= 11 is 0.